The van der Waals surface area contributed by atoms with Gasteiger partial charge in [0.25, 0.3) is 0 Å². The number of carbonyl (C=O) groups is 2. The number of ether oxygens (including phenoxy) is 1. The second kappa shape index (κ2) is 15.3. The molecule has 4 aromatic carbocycles. The standard InChI is InChI=1S/C34H36FN3O5S/c1-43-32-16-10-9-15-29(32)22-36-34(40)31(21-26-11-5-3-6-12-26)38(24-28-17-19-30(35)20-18-28)33(39)25-37(44(2,41)42)23-27-13-7-4-8-14-27/h3-20,31H,21-25H2,1-2H3,(H,36,40)/t31-/m0/s1. The molecule has 10 heteroatoms. The summed E-state index contributed by atoms with van der Waals surface area (Å²) in [6.07, 6.45) is 1.22. The quantitative estimate of drug-likeness (QED) is 0.224. The third-order valence-electron chi connectivity index (χ3n) is 7.17. The minimum Gasteiger partial charge on any atom is -0.496 e. The summed E-state index contributed by atoms with van der Waals surface area (Å²) < 4.78 is 45.9. The summed E-state index contributed by atoms with van der Waals surface area (Å²) in [5.74, 6) is -0.822. The Kier molecular flexibility index (Phi) is 11.2. The average Bonchev–Trinajstić information content (AvgIpc) is 3.02. The predicted octanol–water partition coefficient (Wildman–Crippen LogP) is 4.55. The number of sulfonamides is 1. The van der Waals surface area contributed by atoms with Crippen molar-refractivity contribution in [2.75, 3.05) is 19.9 Å². The zero-order valence-corrected chi connectivity index (χ0v) is 25.5. The van der Waals surface area contributed by atoms with E-state index in [1.54, 1.807) is 49.6 Å². The molecule has 0 aliphatic heterocycles. The first-order chi connectivity index (χ1) is 21.1. The van der Waals surface area contributed by atoms with Gasteiger partial charge in [0.15, 0.2) is 0 Å². The van der Waals surface area contributed by atoms with Gasteiger partial charge in [-0.2, -0.15) is 4.31 Å². The summed E-state index contributed by atoms with van der Waals surface area (Å²) in [5, 5.41) is 2.94. The molecule has 0 heterocycles. The largest absolute Gasteiger partial charge is 0.496 e. The van der Waals surface area contributed by atoms with Crippen molar-refractivity contribution in [3.8, 4) is 5.75 Å². The van der Waals surface area contributed by atoms with Crippen molar-refractivity contribution in [2.24, 2.45) is 0 Å². The van der Waals surface area contributed by atoms with Gasteiger partial charge < -0.3 is 15.0 Å². The highest BCUT2D eigenvalue weighted by atomic mass is 32.2. The highest BCUT2D eigenvalue weighted by Crippen LogP contribution is 2.20. The van der Waals surface area contributed by atoms with E-state index in [4.69, 9.17) is 4.74 Å². The molecule has 0 fully saturated rings. The Bertz CT molecular complexity index is 1630. The first-order valence-corrected chi connectivity index (χ1v) is 16.0. The lowest BCUT2D eigenvalue weighted by Crippen LogP contribution is -2.53. The molecule has 0 aliphatic rings. The monoisotopic (exact) mass is 617 g/mol. The Morgan fingerprint density at radius 2 is 1.36 bits per heavy atom. The van der Waals surface area contributed by atoms with Crippen molar-refractivity contribution >= 4 is 21.8 Å². The van der Waals surface area contributed by atoms with Crippen molar-refractivity contribution in [1.29, 1.82) is 0 Å². The molecule has 2 amide bonds. The first-order valence-electron chi connectivity index (χ1n) is 14.1. The molecule has 230 valence electrons. The average molecular weight is 618 g/mol. The molecule has 0 saturated carbocycles. The normalized spacial score (nSPS) is 12.0. The molecule has 0 saturated heterocycles. The van der Waals surface area contributed by atoms with Gasteiger partial charge in [-0.25, -0.2) is 12.8 Å². The predicted molar refractivity (Wildman–Crippen MR) is 167 cm³/mol. The molecule has 8 nitrogen and oxygen atoms in total. The molecule has 0 unspecified atom stereocenters. The molecule has 0 aromatic heterocycles. The maximum atomic E-state index is 14.1. The number of rotatable bonds is 14. The second-order valence-corrected chi connectivity index (χ2v) is 12.4. The fourth-order valence-electron chi connectivity index (χ4n) is 4.81. The number of carbonyl (C=O) groups excluding carboxylic acids is 2. The molecule has 0 radical (unpaired) electrons. The summed E-state index contributed by atoms with van der Waals surface area (Å²) in [6, 6.07) is 30.2. The summed E-state index contributed by atoms with van der Waals surface area (Å²) in [6.45, 7) is -0.392. The smallest absolute Gasteiger partial charge is 0.243 e. The Balaban J connectivity index is 1.69. The van der Waals surface area contributed by atoms with Crippen LogP contribution >= 0.6 is 0 Å². The maximum absolute atomic E-state index is 14.1. The number of amides is 2. The van der Waals surface area contributed by atoms with Crippen molar-refractivity contribution in [1.82, 2.24) is 14.5 Å². The topological polar surface area (TPSA) is 96.0 Å². The van der Waals surface area contributed by atoms with E-state index in [2.05, 4.69) is 5.32 Å². The van der Waals surface area contributed by atoms with E-state index >= 15 is 0 Å². The number of halogens is 1. The van der Waals surface area contributed by atoms with Gasteiger partial charge in [0.1, 0.15) is 17.6 Å². The van der Waals surface area contributed by atoms with Gasteiger partial charge in [0.05, 0.1) is 19.9 Å². The van der Waals surface area contributed by atoms with Crippen LogP contribution in [0.2, 0.25) is 0 Å². The van der Waals surface area contributed by atoms with Crippen LogP contribution in [0.3, 0.4) is 0 Å². The summed E-state index contributed by atoms with van der Waals surface area (Å²) >= 11 is 0. The van der Waals surface area contributed by atoms with E-state index in [9.17, 15) is 22.4 Å². The zero-order valence-electron chi connectivity index (χ0n) is 24.7. The number of benzene rings is 4. The number of nitrogens with zero attached hydrogens (tertiary/aromatic N) is 2. The number of nitrogens with one attached hydrogen (secondary N) is 1. The van der Waals surface area contributed by atoms with Crippen LogP contribution in [-0.2, 0) is 45.7 Å². The van der Waals surface area contributed by atoms with Gasteiger partial charge in [-0.1, -0.05) is 91.0 Å². The zero-order chi connectivity index (χ0) is 31.5. The van der Waals surface area contributed by atoms with E-state index in [0.717, 1.165) is 21.7 Å². The van der Waals surface area contributed by atoms with Gasteiger partial charge in [-0.3, -0.25) is 9.59 Å². The molecule has 0 aliphatic carbocycles. The van der Waals surface area contributed by atoms with Crippen molar-refractivity contribution in [2.45, 2.75) is 32.1 Å². The summed E-state index contributed by atoms with van der Waals surface area (Å²) in [4.78, 5) is 29.4. The van der Waals surface area contributed by atoms with Crippen LogP contribution in [-0.4, -0.2) is 55.4 Å². The highest BCUT2D eigenvalue weighted by Gasteiger charge is 2.33. The number of hydrogen-bond acceptors (Lipinski definition) is 5. The minimum absolute atomic E-state index is 0.0147. The van der Waals surface area contributed by atoms with Crippen molar-refractivity contribution in [3.63, 3.8) is 0 Å². The third-order valence-corrected chi connectivity index (χ3v) is 8.36. The van der Waals surface area contributed by atoms with Gasteiger partial charge in [0.2, 0.25) is 21.8 Å². The maximum Gasteiger partial charge on any atom is 0.243 e. The van der Waals surface area contributed by atoms with E-state index in [1.807, 2.05) is 54.6 Å². The second-order valence-electron chi connectivity index (χ2n) is 10.4. The Morgan fingerprint density at radius 1 is 0.795 bits per heavy atom. The highest BCUT2D eigenvalue weighted by molar-refractivity contribution is 7.88. The lowest BCUT2D eigenvalue weighted by atomic mass is 10.0. The number of methoxy groups -OCH3 is 1. The molecule has 4 rings (SSSR count). The van der Waals surface area contributed by atoms with E-state index in [0.29, 0.717) is 16.9 Å². The van der Waals surface area contributed by atoms with Crippen LogP contribution < -0.4 is 10.1 Å². The van der Waals surface area contributed by atoms with Crippen LogP contribution in [0.4, 0.5) is 4.39 Å². The Labute approximate surface area is 258 Å². The fourth-order valence-corrected chi connectivity index (χ4v) is 5.54. The molecule has 0 spiro atoms. The van der Waals surface area contributed by atoms with E-state index < -0.39 is 40.2 Å². The lowest BCUT2D eigenvalue weighted by Gasteiger charge is -2.33. The van der Waals surface area contributed by atoms with Gasteiger partial charge in [-0.05, 0) is 34.9 Å². The molecule has 1 atom stereocenters. The molecular weight excluding hydrogens is 581 g/mol. The number of hydrogen-bond donors (Lipinski definition) is 1. The van der Waals surface area contributed by atoms with Gasteiger partial charge >= 0.3 is 0 Å². The Morgan fingerprint density at radius 3 is 1.98 bits per heavy atom. The minimum atomic E-state index is -3.81. The molecule has 44 heavy (non-hydrogen) atoms. The van der Waals surface area contributed by atoms with Crippen molar-refractivity contribution in [3.05, 3.63) is 137 Å². The molecule has 0 bridgehead atoms. The van der Waals surface area contributed by atoms with Crippen LogP contribution in [0.5, 0.6) is 5.75 Å². The van der Waals surface area contributed by atoms with Gasteiger partial charge in [-0.15, -0.1) is 0 Å². The molecule has 1 N–H and O–H groups in total. The van der Waals surface area contributed by atoms with Crippen LogP contribution in [0.1, 0.15) is 22.3 Å². The van der Waals surface area contributed by atoms with Crippen LogP contribution in [0, 0.1) is 5.82 Å². The van der Waals surface area contributed by atoms with E-state index in [1.165, 1.54) is 17.0 Å². The third kappa shape index (κ3) is 9.23. The van der Waals surface area contributed by atoms with Crippen LogP contribution in [0.25, 0.3) is 0 Å². The van der Waals surface area contributed by atoms with Crippen molar-refractivity contribution < 1.29 is 27.1 Å². The van der Waals surface area contributed by atoms with E-state index in [-0.39, 0.29) is 26.1 Å². The summed E-state index contributed by atoms with van der Waals surface area (Å²) in [7, 11) is -2.26. The number of para-hydroxylation sites is 1. The van der Waals surface area contributed by atoms with Gasteiger partial charge in [0, 0.05) is 31.6 Å². The summed E-state index contributed by atoms with van der Waals surface area (Å²) in [5.41, 5.74) is 2.87. The lowest BCUT2D eigenvalue weighted by molar-refractivity contribution is -0.141. The molecular formula is C34H36FN3O5S. The molecule has 4 aromatic rings. The SMILES string of the molecule is COc1ccccc1CNC(=O)[C@H](Cc1ccccc1)N(Cc1ccc(F)cc1)C(=O)CN(Cc1ccccc1)S(C)(=O)=O. The first kappa shape index (κ1) is 32.4. The fraction of sp³-hybridized carbons (Fsp3) is 0.235. The Hall–Kier alpha value is -4.54. The van der Waals surface area contributed by atoms with Crippen LogP contribution in [0.15, 0.2) is 109 Å².